The van der Waals surface area contributed by atoms with E-state index in [1.165, 1.54) is 0 Å². The number of nitrogens with one attached hydrogen (secondary N) is 2. The zero-order chi connectivity index (χ0) is 16.4. The van der Waals surface area contributed by atoms with Crippen LogP contribution in [0.5, 0.6) is 0 Å². The first-order valence-electron chi connectivity index (χ1n) is 8.03. The maximum Gasteiger partial charge on any atom is 0.215 e. The van der Waals surface area contributed by atoms with Gasteiger partial charge in [0.1, 0.15) is 0 Å². The lowest BCUT2D eigenvalue weighted by Crippen LogP contribution is -2.44. The van der Waals surface area contributed by atoms with Crippen molar-refractivity contribution in [1.29, 1.82) is 0 Å². The Bertz CT molecular complexity index is 436. The van der Waals surface area contributed by atoms with Gasteiger partial charge in [-0.2, -0.15) is 11.8 Å². The Labute approximate surface area is 162 Å². The minimum absolute atomic E-state index is 0. The lowest BCUT2D eigenvalue weighted by atomic mass is 10.0. The number of nitrogens with zero attached hydrogens (tertiary/aromatic N) is 2. The van der Waals surface area contributed by atoms with Crippen molar-refractivity contribution in [3.63, 3.8) is 0 Å². The SMILES string of the molecule is CCC(CC)CNC(=NC)NCCS(=O)(=O)N1CCSCC1.I. The van der Waals surface area contributed by atoms with Gasteiger partial charge in [0, 0.05) is 44.7 Å². The Morgan fingerprint density at radius 1 is 1.22 bits per heavy atom. The number of thioether (sulfide) groups is 1. The van der Waals surface area contributed by atoms with Crippen LogP contribution in [0.2, 0.25) is 0 Å². The van der Waals surface area contributed by atoms with Gasteiger partial charge in [0.05, 0.1) is 5.75 Å². The normalized spacial score (nSPS) is 17.0. The summed E-state index contributed by atoms with van der Waals surface area (Å²) in [5, 5.41) is 6.36. The summed E-state index contributed by atoms with van der Waals surface area (Å²) in [5.41, 5.74) is 0. The van der Waals surface area contributed by atoms with Crippen molar-refractivity contribution >= 4 is 51.7 Å². The largest absolute Gasteiger partial charge is 0.356 e. The second-order valence-corrected chi connectivity index (χ2v) is 8.70. The van der Waals surface area contributed by atoms with Gasteiger partial charge in [0.25, 0.3) is 0 Å². The molecule has 0 amide bonds. The molecule has 0 bridgehead atoms. The molecular weight excluding hydrogens is 447 g/mol. The summed E-state index contributed by atoms with van der Waals surface area (Å²) in [6.07, 6.45) is 2.25. The molecule has 1 aliphatic rings. The van der Waals surface area contributed by atoms with E-state index in [1.807, 2.05) is 11.8 Å². The van der Waals surface area contributed by atoms with Crippen molar-refractivity contribution in [2.24, 2.45) is 10.9 Å². The molecule has 23 heavy (non-hydrogen) atoms. The minimum Gasteiger partial charge on any atom is -0.356 e. The molecule has 0 aromatic heterocycles. The van der Waals surface area contributed by atoms with Crippen LogP contribution in [0.4, 0.5) is 0 Å². The summed E-state index contributed by atoms with van der Waals surface area (Å²) in [5.74, 6) is 3.20. The number of hydrogen-bond acceptors (Lipinski definition) is 4. The third kappa shape index (κ3) is 8.78. The van der Waals surface area contributed by atoms with Gasteiger partial charge >= 0.3 is 0 Å². The average Bonchev–Trinajstić information content (AvgIpc) is 2.54. The summed E-state index contributed by atoms with van der Waals surface area (Å²) in [7, 11) is -1.45. The third-order valence-corrected chi connectivity index (χ3v) is 6.77. The standard InChI is InChI=1S/C14H30N4O2S2.HI/c1-4-13(5-2)12-17-14(15-3)16-6-11-22(19,20)18-7-9-21-10-8-18;/h13H,4-12H2,1-3H3,(H2,15,16,17);1H. The number of halogens is 1. The van der Waals surface area contributed by atoms with Crippen LogP contribution >= 0.6 is 35.7 Å². The van der Waals surface area contributed by atoms with E-state index in [2.05, 4.69) is 29.5 Å². The van der Waals surface area contributed by atoms with E-state index in [9.17, 15) is 8.42 Å². The van der Waals surface area contributed by atoms with Crippen molar-refractivity contribution < 1.29 is 8.42 Å². The molecule has 0 aromatic carbocycles. The Hall–Kier alpha value is 0.260. The van der Waals surface area contributed by atoms with Crippen LogP contribution in [-0.4, -0.2) is 69.2 Å². The number of guanidine groups is 1. The molecule has 1 aliphatic heterocycles. The van der Waals surface area contributed by atoms with Crippen LogP contribution in [0.25, 0.3) is 0 Å². The quantitative estimate of drug-likeness (QED) is 0.315. The third-order valence-electron chi connectivity index (χ3n) is 3.95. The monoisotopic (exact) mass is 478 g/mol. The second-order valence-electron chi connectivity index (χ2n) is 5.39. The molecule has 138 valence electrons. The summed E-state index contributed by atoms with van der Waals surface area (Å²) < 4.78 is 26.1. The van der Waals surface area contributed by atoms with E-state index < -0.39 is 10.0 Å². The summed E-state index contributed by atoms with van der Waals surface area (Å²) in [6, 6.07) is 0. The highest BCUT2D eigenvalue weighted by atomic mass is 127. The lowest BCUT2D eigenvalue weighted by Gasteiger charge is -2.25. The van der Waals surface area contributed by atoms with Gasteiger partial charge in [-0.3, -0.25) is 4.99 Å². The van der Waals surface area contributed by atoms with Crippen LogP contribution < -0.4 is 10.6 Å². The highest BCUT2D eigenvalue weighted by molar-refractivity contribution is 14.0. The van der Waals surface area contributed by atoms with Crippen LogP contribution in [-0.2, 0) is 10.0 Å². The molecule has 1 heterocycles. The predicted molar refractivity (Wildman–Crippen MR) is 112 cm³/mol. The molecule has 1 fully saturated rings. The number of hydrogen-bond donors (Lipinski definition) is 2. The number of aliphatic imine (C=N–C) groups is 1. The van der Waals surface area contributed by atoms with E-state index in [1.54, 1.807) is 11.4 Å². The van der Waals surface area contributed by atoms with Crippen molar-refractivity contribution in [1.82, 2.24) is 14.9 Å². The lowest BCUT2D eigenvalue weighted by molar-refractivity contribution is 0.443. The predicted octanol–water partition coefficient (Wildman–Crippen LogP) is 1.58. The summed E-state index contributed by atoms with van der Waals surface area (Å²) in [4.78, 5) is 4.14. The first-order chi connectivity index (χ1) is 10.5. The van der Waals surface area contributed by atoms with Crippen LogP contribution in [0.3, 0.4) is 0 Å². The van der Waals surface area contributed by atoms with E-state index in [4.69, 9.17) is 0 Å². The summed E-state index contributed by atoms with van der Waals surface area (Å²) >= 11 is 1.81. The molecule has 9 heteroatoms. The molecule has 1 rings (SSSR count). The van der Waals surface area contributed by atoms with Crippen molar-refractivity contribution in [3.05, 3.63) is 0 Å². The van der Waals surface area contributed by atoms with Crippen LogP contribution in [0, 0.1) is 5.92 Å². The highest BCUT2D eigenvalue weighted by Crippen LogP contribution is 2.13. The van der Waals surface area contributed by atoms with Crippen LogP contribution in [0.1, 0.15) is 26.7 Å². The van der Waals surface area contributed by atoms with Gasteiger partial charge in [-0.25, -0.2) is 12.7 Å². The van der Waals surface area contributed by atoms with E-state index >= 15 is 0 Å². The Kier molecular flexibility index (Phi) is 12.7. The molecule has 0 atom stereocenters. The Morgan fingerprint density at radius 2 is 1.83 bits per heavy atom. The fourth-order valence-electron chi connectivity index (χ4n) is 2.29. The first-order valence-corrected chi connectivity index (χ1v) is 10.8. The maximum atomic E-state index is 12.2. The average molecular weight is 478 g/mol. The number of rotatable bonds is 8. The van der Waals surface area contributed by atoms with Gasteiger partial charge in [-0.15, -0.1) is 24.0 Å². The van der Waals surface area contributed by atoms with Crippen LogP contribution in [0.15, 0.2) is 4.99 Å². The van der Waals surface area contributed by atoms with Crippen molar-refractivity contribution in [2.75, 3.05) is 50.5 Å². The highest BCUT2D eigenvalue weighted by Gasteiger charge is 2.23. The molecule has 0 saturated carbocycles. The molecule has 0 aliphatic carbocycles. The van der Waals surface area contributed by atoms with Crippen molar-refractivity contribution in [3.8, 4) is 0 Å². The zero-order valence-corrected chi connectivity index (χ0v) is 18.3. The topological polar surface area (TPSA) is 73.8 Å². The molecule has 0 radical (unpaired) electrons. The van der Waals surface area contributed by atoms with E-state index in [0.29, 0.717) is 31.5 Å². The fourth-order valence-corrected chi connectivity index (χ4v) is 4.78. The molecule has 6 nitrogen and oxygen atoms in total. The fraction of sp³-hybridized carbons (Fsp3) is 0.929. The molecule has 0 unspecified atom stereocenters. The van der Waals surface area contributed by atoms with Gasteiger partial charge in [-0.05, 0) is 5.92 Å². The smallest absolute Gasteiger partial charge is 0.215 e. The van der Waals surface area contributed by atoms with Gasteiger partial charge in [0.2, 0.25) is 10.0 Å². The van der Waals surface area contributed by atoms with E-state index in [-0.39, 0.29) is 29.7 Å². The molecule has 0 spiro atoms. The molecule has 2 N–H and O–H groups in total. The first kappa shape index (κ1) is 23.3. The maximum absolute atomic E-state index is 12.2. The van der Waals surface area contributed by atoms with Crippen molar-refractivity contribution in [2.45, 2.75) is 26.7 Å². The van der Waals surface area contributed by atoms with E-state index in [0.717, 1.165) is 30.9 Å². The Morgan fingerprint density at radius 3 is 2.35 bits per heavy atom. The molecule has 1 saturated heterocycles. The minimum atomic E-state index is -3.15. The second kappa shape index (κ2) is 12.6. The number of sulfonamides is 1. The molecular formula is C14H31IN4O2S2. The zero-order valence-electron chi connectivity index (χ0n) is 14.4. The Balaban J connectivity index is 0.00000484. The molecule has 0 aromatic rings. The summed E-state index contributed by atoms with van der Waals surface area (Å²) in [6.45, 7) is 6.87. The van der Waals surface area contributed by atoms with Gasteiger partial charge in [0.15, 0.2) is 5.96 Å². The van der Waals surface area contributed by atoms with Gasteiger partial charge in [-0.1, -0.05) is 26.7 Å². The van der Waals surface area contributed by atoms with Gasteiger partial charge < -0.3 is 10.6 Å².